The highest BCUT2D eigenvalue weighted by Gasteiger charge is 2.40. The average molecular weight is 979 g/mol. The molecule has 8 atom stereocenters. The fourth-order valence-corrected chi connectivity index (χ4v) is 9.08. The van der Waals surface area contributed by atoms with Gasteiger partial charge in [-0.05, 0) is 110 Å². The van der Waals surface area contributed by atoms with Gasteiger partial charge in [0.2, 0.25) is 59.1 Å². The van der Waals surface area contributed by atoms with E-state index in [2.05, 4.69) is 42.2 Å². The quantitative estimate of drug-likeness (QED) is 0.0991. The largest absolute Gasteiger partial charge is 0.387 e. The van der Waals surface area contributed by atoms with Gasteiger partial charge in [0, 0.05) is 43.2 Å². The van der Waals surface area contributed by atoms with Crippen LogP contribution in [-0.2, 0) is 54.4 Å². The van der Waals surface area contributed by atoms with Crippen LogP contribution >= 0.6 is 0 Å². The maximum Gasteiger partial charge on any atom is 0.248 e. The van der Waals surface area contributed by atoms with Gasteiger partial charge in [-0.3, -0.25) is 47.9 Å². The van der Waals surface area contributed by atoms with Gasteiger partial charge in [0.25, 0.3) is 0 Å². The third kappa shape index (κ3) is 14.9. The average Bonchev–Trinajstić information content (AvgIpc) is 4.12. The first kappa shape index (κ1) is 54.3. The number of aromatic amines is 1. The number of rotatable bonds is 12. The van der Waals surface area contributed by atoms with E-state index in [1.807, 2.05) is 43.3 Å². The van der Waals surface area contributed by atoms with E-state index in [0.717, 1.165) is 10.9 Å². The molecule has 23 heteroatoms. The molecule has 0 saturated carbocycles. The molecular weight excluding hydrogens is 909 g/mol. The van der Waals surface area contributed by atoms with Crippen molar-refractivity contribution in [3.63, 3.8) is 0 Å². The lowest BCUT2D eigenvalue weighted by Crippen LogP contribution is -2.59. The molecule has 0 radical (unpaired) electrons. The van der Waals surface area contributed by atoms with Crippen molar-refractivity contribution in [2.75, 3.05) is 46.9 Å². The van der Waals surface area contributed by atoms with Gasteiger partial charge in [0.05, 0.1) is 6.42 Å². The molecule has 4 heterocycles. The fourth-order valence-electron chi connectivity index (χ4n) is 9.08. The molecule has 23 nitrogen and oxygen atoms in total. The van der Waals surface area contributed by atoms with Crippen molar-refractivity contribution < 1.29 is 53.1 Å². The van der Waals surface area contributed by atoms with Crippen molar-refractivity contribution in [3.8, 4) is 0 Å². The number of nitrogens with one attached hydrogen (secondary N) is 8. The predicted octanol–water partition coefficient (Wildman–Crippen LogP) is -2.46. The van der Waals surface area contributed by atoms with Gasteiger partial charge in [-0.25, -0.2) is 0 Å². The third-order valence-corrected chi connectivity index (χ3v) is 13.0. The zero-order valence-electron chi connectivity index (χ0n) is 40.5. The summed E-state index contributed by atoms with van der Waals surface area (Å²) in [5, 5.41) is 29.2. The molecule has 384 valence electrons. The molecular formula is C47H70N12O11. The molecule has 0 aliphatic carbocycles. The van der Waals surface area contributed by atoms with Gasteiger partial charge in [0.1, 0.15) is 54.9 Å². The lowest BCUT2D eigenvalue weighted by molar-refractivity contribution is -0.143. The molecule has 1 aromatic carbocycles. The van der Waals surface area contributed by atoms with Crippen LogP contribution in [0.25, 0.3) is 10.9 Å². The molecule has 0 spiro atoms. The van der Waals surface area contributed by atoms with E-state index in [1.165, 1.54) is 23.6 Å². The highest BCUT2D eigenvalue weighted by molar-refractivity contribution is 5.99. The Morgan fingerprint density at radius 3 is 2.14 bits per heavy atom. The second kappa shape index (κ2) is 25.8. The summed E-state index contributed by atoms with van der Waals surface area (Å²) in [4.78, 5) is 144. The summed E-state index contributed by atoms with van der Waals surface area (Å²) in [6, 6.07) is -2.31. The van der Waals surface area contributed by atoms with Crippen LogP contribution in [0, 0.1) is 0 Å². The molecule has 1 aromatic heterocycles. The van der Waals surface area contributed by atoms with Crippen molar-refractivity contribution >= 4 is 70.0 Å². The number of hydrogen-bond donors (Lipinski definition) is 10. The second-order valence-corrected chi connectivity index (χ2v) is 18.6. The van der Waals surface area contributed by atoms with Crippen LogP contribution in [0.2, 0.25) is 0 Å². The summed E-state index contributed by atoms with van der Waals surface area (Å²) in [5.41, 5.74) is 7.15. The van der Waals surface area contributed by atoms with Crippen LogP contribution in [0.3, 0.4) is 0 Å². The number of aromatic nitrogens is 1. The Bertz CT molecular complexity index is 2240. The van der Waals surface area contributed by atoms with E-state index >= 15 is 0 Å². The van der Waals surface area contributed by atoms with Crippen molar-refractivity contribution in [3.05, 3.63) is 36.0 Å². The molecule has 3 fully saturated rings. The van der Waals surface area contributed by atoms with Crippen LogP contribution in [0.15, 0.2) is 30.5 Å². The molecule has 10 amide bonds. The number of H-pyrrole nitrogens is 1. The van der Waals surface area contributed by atoms with Gasteiger partial charge in [-0.15, -0.1) is 0 Å². The molecule has 5 rings (SSSR count). The molecule has 3 aliphatic rings. The predicted molar refractivity (Wildman–Crippen MR) is 255 cm³/mol. The van der Waals surface area contributed by atoms with E-state index in [1.54, 1.807) is 6.20 Å². The number of amides is 10. The highest BCUT2D eigenvalue weighted by Crippen LogP contribution is 2.22. The summed E-state index contributed by atoms with van der Waals surface area (Å²) in [5.74, 6) is -7.33. The van der Waals surface area contributed by atoms with E-state index in [9.17, 15) is 53.1 Å². The van der Waals surface area contributed by atoms with Crippen LogP contribution in [0.1, 0.15) is 90.0 Å². The minimum Gasteiger partial charge on any atom is -0.387 e. The minimum absolute atomic E-state index is 0.0160. The third-order valence-electron chi connectivity index (χ3n) is 13.0. The number of hydrogen-bond acceptors (Lipinski definition) is 12. The summed E-state index contributed by atoms with van der Waals surface area (Å²) in [6.07, 6.45) is 4.19. The van der Waals surface area contributed by atoms with E-state index < -0.39 is 120 Å². The summed E-state index contributed by atoms with van der Waals surface area (Å²) < 4.78 is 0. The standard InChI is InChI=1S/C47H70N12O11/c1-27-41(64)49-19-9-7-15-33(54-46(69)37-18-12-21-58(37)39(62)26-60)44(67)56-35(47(70)59-22-11-17-36(59)40(48)63)24-38(61)51-28(2)42(65)53-32(16-8-10-20-57(3)4)43(66)55-34(45(68)52-27)23-29-25-50-31-14-6-5-13-30(29)31/h5-6,13-14,25,27-28,32-37,50,60H,7-12,15-24,26H2,1-4H3,(H2,48,63)(H,49,64)(H,51,61)(H,52,68)(H,53,65)(H,54,69)(H,55,66)(H,56,67)/t27-,28-,32-,33-,34-,35-,36?,37?/m0/s1. The molecule has 2 aromatic rings. The number of benzene rings is 1. The number of nitrogens with zero attached hydrogens (tertiary/aromatic N) is 3. The van der Waals surface area contributed by atoms with E-state index in [0.29, 0.717) is 37.8 Å². The first-order valence-electron chi connectivity index (χ1n) is 24.2. The smallest absolute Gasteiger partial charge is 0.248 e. The summed E-state index contributed by atoms with van der Waals surface area (Å²) in [6.45, 7) is 3.10. The highest BCUT2D eigenvalue weighted by atomic mass is 16.3. The van der Waals surface area contributed by atoms with Gasteiger partial charge < -0.3 is 67.7 Å². The van der Waals surface area contributed by atoms with Gasteiger partial charge >= 0.3 is 0 Å². The first-order valence-corrected chi connectivity index (χ1v) is 24.2. The van der Waals surface area contributed by atoms with Crippen molar-refractivity contribution in [2.24, 2.45) is 5.73 Å². The second-order valence-electron chi connectivity index (χ2n) is 18.6. The number of fused-ring (bicyclic) bond motifs is 1. The molecule has 11 N–H and O–H groups in total. The maximum atomic E-state index is 14.3. The van der Waals surface area contributed by atoms with Crippen molar-refractivity contribution in [1.29, 1.82) is 0 Å². The number of nitrogens with two attached hydrogens (primary N) is 1. The Kier molecular flexibility index (Phi) is 20.0. The number of aliphatic hydroxyl groups is 1. The molecule has 3 saturated heterocycles. The Morgan fingerprint density at radius 2 is 1.43 bits per heavy atom. The Labute approximate surface area is 406 Å². The normalized spacial score (nSPS) is 26.1. The zero-order valence-corrected chi connectivity index (χ0v) is 40.5. The number of unbranched alkanes of at least 4 members (excludes halogenated alkanes) is 1. The van der Waals surface area contributed by atoms with Crippen LogP contribution < -0.4 is 43.0 Å². The lowest BCUT2D eigenvalue weighted by atomic mass is 10.0. The van der Waals surface area contributed by atoms with Gasteiger partial charge in [-0.2, -0.15) is 0 Å². The summed E-state index contributed by atoms with van der Waals surface area (Å²) in [7, 11) is 3.80. The number of para-hydroxylation sites is 1. The number of carbonyl (C=O) groups is 10. The van der Waals surface area contributed by atoms with Gasteiger partial charge in [0.15, 0.2) is 0 Å². The number of likely N-dealkylation sites (tertiary alicyclic amines) is 2. The SMILES string of the molecule is C[C@@H]1NC(=O)C[C@@H](C(=O)N2CCCC2C(N)=O)NC(=O)[C@@H](NC(=O)C2CCCN2C(=O)CO)CCCCNC(=O)[C@H](C)NC(=O)[C@H](Cc2c[nH]c3ccccc23)NC(=O)[C@H](CCCCN(C)C)NC1=O. The van der Waals surface area contributed by atoms with Crippen molar-refractivity contribution in [1.82, 2.24) is 56.9 Å². The molecule has 3 aliphatic heterocycles. The van der Waals surface area contributed by atoms with E-state index in [4.69, 9.17) is 5.73 Å². The van der Waals surface area contributed by atoms with Crippen LogP contribution in [-0.4, -0.2) is 179 Å². The number of primary amides is 1. The van der Waals surface area contributed by atoms with Crippen LogP contribution in [0.4, 0.5) is 0 Å². The van der Waals surface area contributed by atoms with Crippen LogP contribution in [0.5, 0.6) is 0 Å². The minimum atomic E-state index is -1.61. The molecule has 70 heavy (non-hydrogen) atoms. The topological polar surface area (TPSA) is 327 Å². The maximum absolute atomic E-state index is 14.3. The fraction of sp³-hybridized carbons (Fsp3) is 0.617. The lowest BCUT2D eigenvalue weighted by Gasteiger charge is -2.30. The van der Waals surface area contributed by atoms with E-state index in [-0.39, 0.29) is 64.6 Å². The Morgan fingerprint density at radius 1 is 0.757 bits per heavy atom. The Balaban J connectivity index is 1.45. The molecule has 2 unspecified atom stereocenters. The number of carbonyl (C=O) groups excluding carboxylic acids is 10. The first-order chi connectivity index (χ1) is 33.4. The number of aliphatic hydroxyl groups excluding tert-OH is 1. The molecule has 0 bridgehead atoms. The zero-order chi connectivity index (χ0) is 51.1. The van der Waals surface area contributed by atoms with Crippen molar-refractivity contribution in [2.45, 2.75) is 139 Å². The monoisotopic (exact) mass is 979 g/mol. The summed E-state index contributed by atoms with van der Waals surface area (Å²) >= 11 is 0. The van der Waals surface area contributed by atoms with Gasteiger partial charge in [-0.1, -0.05) is 18.2 Å². The Hall–Kier alpha value is -6.62.